The summed E-state index contributed by atoms with van der Waals surface area (Å²) < 4.78 is 0. The summed E-state index contributed by atoms with van der Waals surface area (Å²) in [4.78, 5) is 5.30. The molecule has 1 N–H and O–H groups in total. The molecule has 0 radical (unpaired) electrons. The third-order valence-corrected chi connectivity index (χ3v) is 4.96. The maximum absolute atomic E-state index is 3.42. The van der Waals surface area contributed by atoms with Crippen LogP contribution in [0.1, 0.15) is 33.1 Å². The number of hydrogen-bond donors (Lipinski definition) is 1. The second kappa shape index (κ2) is 9.41. The SMILES string of the molecule is CCC1(CC)CCN(CCN2CCNCC2)C1.Cl.Cl. The molecule has 19 heavy (non-hydrogen) atoms. The van der Waals surface area contributed by atoms with Gasteiger partial charge in [-0.15, -0.1) is 24.8 Å². The van der Waals surface area contributed by atoms with Gasteiger partial charge in [0.25, 0.3) is 0 Å². The molecular formula is C14H31Cl2N3. The van der Waals surface area contributed by atoms with Crippen molar-refractivity contribution in [2.75, 3.05) is 52.4 Å². The van der Waals surface area contributed by atoms with Crippen molar-refractivity contribution in [1.82, 2.24) is 15.1 Å². The van der Waals surface area contributed by atoms with Crippen molar-refractivity contribution in [2.45, 2.75) is 33.1 Å². The molecule has 0 amide bonds. The van der Waals surface area contributed by atoms with Gasteiger partial charge >= 0.3 is 0 Å². The predicted molar refractivity (Wildman–Crippen MR) is 87.9 cm³/mol. The quantitative estimate of drug-likeness (QED) is 0.840. The van der Waals surface area contributed by atoms with Gasteiger partial charge in [-0.3, -0.25) is 4.90 Å². The highest BCUT2D eigenvalue weighted by molar-refractivity contribution is 5.85. The van der Waals surface area contributed by atoms with Crippen LogP contribution < -0.4 is 5.32 Å². The van der Waals surface area contributed by atoms with Crippen LogP contribution in [0, 0.1) is 5.41 Å². The number of nitrogens with one attached hydrogen (secondary N) is 1. The maximum atomic E-state index is 3.42. The summed E-state index contributed by atoms with van der Waals surface area (Å²) in [5, 5.41) is 3.42. The first-order valence-corrected chi connectivity index (χ1v) is 7.43. The second-order valence-corrected chi connectivity index (χ2v) is 5.82. The molecule has 0 aromatic heterocycles. The van der Waals surface area contributed by atoms with Gasteiger partial charge in [0.15, 0.2) is 0 Å². The highest BCUT2D eigenvalue weighted by Crippen LogP contribution is 2.36. The molecule has 2 fully saturated rings. The summed E-state index contributed by atoms with van der Waals surface area (Å²) in [6.45, 7) is 14.8. The average Bonchev–Trinajstić information content (AvgIpc) is 2.82. The molecule has 5 heteroatoms. The van der Waals surface area contributed by atoms with Gasteiger partial charge in [-0.25, -0.2) is 0 Å². The standard InChI is InChI=1S/C14H29N3.2ClH/c1-3-14(4-2)5-8-17(13-14)12-11-16-9-6-15-7-10-16;;/h15H,3-13H2,1-2H3;2*1H. The summed E-state index contributed by atoms with van der Waals surface area (Å²) in [7, 11) is 0. The first kappa shape index (κ1) is 19.5. The second-order valence-electron chi connectivity index (χ2n) is 5.82. The van der Waals surface area contributed by atoms with E-state index in [4.69, 9.17) is 0 Å². The zero-order valence-corrected chi connectivity index (χ0v) is 14.1. The molecule has 0 atom stereocenters. The lowest BCUT2D eigenvalue weighted by Gasteiger charge is -2.30. The number of nitrogens with zero attached hydrogens (tertiary/aromatic N) is 2. The first-order valence-electron chi connectivity index (χ1n) is 7.43. The van der Waals surface area contributed by atoms with Crippen molar-refractivity contribution >= 4 is 24.8 Å². The number of piperazine rings is 1. The van der Waals surface area contributed by atoms with Gasteiger partial charge in [0.05, 0.1) is 0 Å². The fourth-order valence-electron chi connectivity index (χ4n) is 3.26. The van der Waals surface area contributed by atoms with E-state index in [0.29, 0.717) is 5.41 Å². The van der Waals surface area contributed by atoms with Crippen LogP contribution in [0.4, 0.5) is 0 Å². The van der Waals surface area contributed by atoms with Crippen LogP contribution in [-0.2, 0) is 0 Å². The summed E-state index contributed by atoms with van der Waals surface area (Å²) >= 11 is 0. The van der Waals surface area contributed by atoms with E-state index in [2.05, 4.69) is 29.0 Å². The Morgan fingerprint density at radius 2 is 1.47 bits per heavy atom. The lowest BCUT2D eigenvalue weighted by molar-refractivity contribution is 0.188. The van der Waals surface area contributed by atoms with Crippen molar-refractivity contribution in [2.24, 2.45) is 5.41 Å². The van der Waals surface area contributed by atoms with Crippen molar-refractivity contribution in [3.8, 4) is 0 Å². The Labute approximate surface area is 131 Å². The minimum atomic E-state index is 0. The van der Waals surface area contributed by atoms with E-state index in [-0.39, 0.29) is 24.8 Å². The molecule has 0 aliphatic carbocycles. The molecule has 3 nitrogen and oxygen atoms in total. The molecule has 2 rings (SSSR count). The van der Waals surface area contributed by atoms with E-state index in [1.165, 1.54) is 71.6 Å². The molecule has 0 unspecified atom stereocenters. The van der Waals surface area contributed by atoms with E-state index in [1.807, 2.05) is 0 Å². The van der Waals surface area contributed by atoms with Crippen molar-refractivity contribution in [3.05, 3.63) is 0 Å². The number of halogens is 2. The van der Waals surface area contributed by atoms with E-state index in [1.54, 1.807) is 0 Å². The summed E-state index contributed by atoms with van der Waals surface area (Å²) in [6.07, 6.45) is 4.13. The summed E-state index contributed by atoms with van der Waals surface area (Å²) in [5.74, 6) is 0. The van der Waals surface area contributed by atoms with Crippen LogP contribution in [-0.4, -0.2) is 62.2 Å². The van der Waals surface area contributed by atoms with Crippen molar-refractivity contribution < 1.29 is 0 Å². The van der Waals surface area contributed by atoms with Gasteiger partial charge in [0, 0.05) is 45.8 Å². The molecule has 2 aliphatic rings. The molecule has 0 bridgehead atoms. The molecule has 0 saturated carbocycles. The molecule has 2 saturated heterocycles. The Bertz CT molecular complexity index is 229. The third-order valence-electron chi connectivity index (χ3n) is 4.96. The predicted octanol–water partition coefficient (Wildman–Crippen LogP) is 2.25. The number of hydrogen-bond acceptors (Lipinski definition) is 3. The summed E-state index contributed by atoms with van der Waals surface area (Å²) in [5.41, 5.74) is 0.642. The Balaban J connectivity index is 0.00000162. The van der Waals surface area contributed by atoms with Gasteiger partial charge in [-0.1, -0.05) is 13.8 Å². The zero-order valence-electron chi connectivity index (χ0n) is 12.5. The van der Waals surface area contributed by atoms with Crippen LogP contribution >= 0.6 is 24.8 Å². The zero-order chi connectivity index (χ0) is 12.1. The smallest absolute Gasteiger partial charge is 0.0110 e. The highest BCUT2D eigenvalue weighted by Gasteiger charge is 2.34. The van der Waals surface area contributed by atoms with Crippen LogP contribution in [0.3, 0.4) is 0 Å². The molecule has 2 aliphatic heterocycles. The van der Waals surface area contributed by atoms with Gasteiger partial charge in [-0.05, 0) is 31.2 Å². The average molecular weight is 312 g/mol. The van der Waals surface area contributed by atoms with Gasteiger partial charge < -0.3 is 10.2 Å². The monoisotopic (exact) mass is 311 g/mol. The van der Waals surface area contributed by atoms with Crippen molar-refractivity contribution in [1.29, 1.82) is 0 Å². The third kappa shape index (κ3) is 5.39. The molecular weight excluding hydrogens is 281 g/mol. The minimum Gasteiger partial charge on any atom is -0.314 e. The Kier molecular flexibility index (Phi) is 9.63. The molecule has 116 valence electrons. The Morgan fingerprint density at radius 3 is 2.00 bits per heavy atom. The van der Waals surface area contributed by atoms with E-state index in [9.17, 15) is 0 Å². The van der Waals surface area contributed by atoms with Crippen LogP contribution in [0.25, 0.3) is 0 Å². The van der Waals surface area contributed by atoms with E-state index < -0.39 is 0 Å². The Hall–Kier alpha value is 0.460. The van der Waals surface area contributed by atoms with E-state index >= 15 is 0 Å². The molecule has 0 spiro atoms. The largest absolute Gasteiger partial charge is 0.314 e. The van der Waals surface area contributed by atoms with Crippen LogP contribution in [0.2, 0.25) is 0 Å². The minimum absolute atomic E-state index is 0. The fraction of sp³-hybridized carbons (Fsp3) is 1.00. The van der Waals surface area contributed by atoms with Gasteiger partial charge in [-0.2, -0.15) is 0 Å². The lowest BCUT2D eigenvalue weighted by Crippen LogP contribution is -2.46. The highest BCUT2D eigenvalue weighted by atomic mass is 35.5. The van der Waals surface area contributed by atoms with Crippen LogP contribution in [0.15, 0.2) is 0 Å². The van der Waals surface area contributed by atoms with Gasteiger partial charge in [0.2, 0.25) is 0 Å². The molecule has 0 aromatic rings. The van der Waals surface area contributed by atoms with Crippen molar-refractivity contribution in [3.63, 3.8) is 0 Å². The normalized spacial score (nSPS) is 23.7. The number of rotatable bonds is 5. The topological polar surface area (TPSA) is 18.5 Å². The Morgan fingerprint density at radius 1 is 0.895 bits per heavy atom. The molecule has 0 aromatic carbocycles. The number of likely N-dealkylation sites (tertiary alicyclic amines) is 1. The van der Waals surface area contributed by atoms with E-state index in [0.717, 1.165) is 0 Å². The van der Waals surface area contributed by atoms with Gasteiger partial charge in [0.1, 0.15) is 0 Å². The van der Waals surface area contributed by atoms with Crippen LogP contribution in [0.5, 0.6) is 0 Å². The fourth-order valence-corrected chi connectivity index (χ4v) is 3.26. The maximum Gasteiger partial charge on any atom is 0.0110 e. The lowest BCUT2D eigenvalue weighted by atomic mass is 9.82. The summed E-state index contributed by atoms with van der Waals surface area (Å²) in [6, 6.07) is 0. The first-order chi connectivity index (χ1) is 8.28. The molecule has 2 heterocycles.